The predicted octanol–water partition coefficient (Wildman–Crippen LogP) is 4.24. The Morgan fingerprint density at radius 1 is 1.11 bits per heavy atom. The molecule has 2 aliphatic rings. The van der Waals surface area contributed by atoms with Crippen molar-refractivity contribution in [2.75, 3.05) is 6.54 Å². The lowest BCUT2D eigenvalue weighted by Gasteiger charge is -2.33. The molecular formula is C24H36N4. The van der Waals surface area contributed by atoms with Gasteiger partial charge in [-0.2, -0.15) is 5.10 Å². The van der Waals surface area contributed by atoms with Crippen molar-refractivity contribution in [3.63, 3.8) is 0 Å². The van der Waals surface area contributed by atoms with Crippen LogP contribution in [0.15, 0.2) is 30.3 Å². The molecule has 0 unspecified atom stereocenters. The van der Waals surface area contributed by atoms with Crippen LogP contribution in [0.3, 0.4) is 0 Å². The lowest BCUT2D eigenvalue weighted by atomic mass is 9.98. The Hall–Kier alpha value is -1.65. The molecule has 1 aromatic heterocycles. The molecule has 0 saturated carbocycles. The highest BCUT2D eigenvalue weighted by atomic mass is 15.3. The van der Waals surface area contributed by atoms with Crippen LogP contribution in [-0.2, 0) is 19.5 Å². The number of rotatable bonds is 5. The van der Waals surface area contributed by atoms with E-state index >= 15 is 0 Å². The third-order valence-electron chi connectivity index (χ3n) is 6.95. The van der Waals surface area contributed by atoms with Crippen molar-refractivity contribution < 1.29 is 0 Å². The number of nitrogens with zero attached hydrogens (tertiary/aromatic N) is 3. The van der Waals surface area contributed by atoms with Crippen molar-refractivity contribution in [3.8, 4) is 0 Å². The van der Waals surface area contributed by atoms with E-state index in [4.69, 9.17) is 5.10 Å². The van der Waals surface area contributed by atoms with Crippen molar-refractivity contribution in [2.45, 2.75) is 90.5 Å². The zero-order valence-corrected chi connectivity index (χ0v) is 17.8. The predicted molar refractivity (Wildman–Crippen MR) is 116 cm³/mol. The minimum Gasteiger partial charge on any atom is -0.312 e. The molecule has 2 aromatic rings. The summed E-state index contributed by atoms with van der Waals surface area (Å²) in [6.45, 7) is 9.79. The fourth-order valence-corrected chi connectivity index (χ4v) is 5.40. The summed E-state index contributed by atoms with van der Waals surface area (Å²) in [5, 5.41) is 8.69. The highest BCUT2D eigenvalue weighted by Crippen LogP contribution is 2.34. The van der Waals surface area contributed by atoms with Gasteiger partial charge in [0, 0.05) is 42.5 Å². The third-order valence-corrected chi connectivity index (χ3v) is 6.95. The number of likely N-dealkylation sites (tertiary alicyclic amines) is 1. The molecule has 2 aliphatic heterocycles. The molecule has 0 spiro atoms. The van der Waals surface area contributed by atoms with Gasteiger partial charge in [0.1, 0.15) is 0 Å². The molecule has 152 valence electrons. The lowest BCUT2D eigenvalue weighted by Crippen LogP contribution is -2.44. The average Bonchev–Trinajstić information content (AvgIpc) is 3.13. The van der Waals surface area contributed by atoms with Crippen LogP contribution in [0.5, 0.6) is 0 Å². The van der Waals surface area contributed by atoms with Gasteiger partial charge in [0.2, 0.25) is 0 Å². The summed E-state index contributed by atoms with van der Waals surface area (Å²) < 4.78 is 2.17. The number of nitrogens with one attached hydrogen (secondary N) is 1. The van der Waals surface area contributed by atoms with Crippen LogP contribution in [0.4, 0.5) is 0 Å². The van der Waals surface area contributed by atoms with Gasteiger partial charge < -0.3 is 5.32 Å². The van der Waals surface area contributed by atoms with Gasteiger partial charge in [0.15, 0.2) is 0 Å². The molecule has 2 saturated heterocycles. The second-order valence-electron chi connectivity index (χ2n) is 8.69. The molecule has 2 fully saturated rings. The van der Waals surface area contributed by atoms with Crippen LogP contribution >= 0.6 is 0 Å². The highest BCUT2D eigenvalue weighted by Gasteiger charge is 2.41. The molecule has 4 nitrogen and oxygen atoms in total. The maximum Gasteiger partial charge on any atom is 0.0641 e. The van der Waals surface area contributed by atoms with E-state index in [0.29, 0.717) is 18.1 Å². The van der Waals surface area contributed by atoms with Gasteiger partial charge in [-0.15, -0.1) is 0 Å². The number of fused-ring (bicyclic) bond motifs is 1. The number of aromatic nitrogens is 2. The maximum atomic E-state index is 4.79. The largest absolute Gasteiger partial charge is 0.312 e. The van der Waals surface area contributed by atoms with E-state index in [0.717, 1.165) is 19.5 Å². The molecule has 0 aliphatic carbocycles. The van der Waals surface area contributed by atoms with Crippen LogP contribution in [0.2, 0.25) is 0 Å². The van der Waals surface area contributed by atoms with Crippen molar-refractivity contribution >= 4 is 0 Å². The zero-order valence-electron chi connectivity index (χ0n) is 17.8. The Bertz CT molecular complexity index is 766. The molecular weight excluding hydrogens is 344 g/mol. The summed E-state index contributed by atoms with van der Waals surface area (Å²) in [5.74, 6) is 0. The van der Waals surface area contributed by atoms with Crippen molar-refractivity contribution in [2.24, 2.45) is 0 Å². The smallest absolute Gasteiger partial charge is 0.0641 e. The zero-order chi connectivity index (χ0) is 19.5. The van der Waals surface area contributed by atoms with Crippen molar-refractivity contribution in [3.05, 3.63) is 52.8 Å². The van der Waals surface area contributed by atoms with E-state index in [-0.39, 0.29) is 0 Å². The summed E-state index contributed by atoms with van der Waals surface area (Å²) in [5.41, 5.74) is 5.47. The Balaban J connectivity index is 1.61. The first kappa shape index (κ1) is 19.7. The molecule has 3 heterocycles. The molecule has 0 radical (unpaired) electrons. The average molecular weight is 381 g/mol. The second-order valence-corrected chi connectivity index (χ2v) is 8.69. The summed E-state index contributed by atoms with van der Waals surface area (Å²) in [6.07, 6.45) is 7.79. The van der Waals surface area contributed by atoms with Crippen LogP contribution in [0.1, 0.15) is 61.5 Å². The van der Waals surface area contributed by atoms with E-state index in [1.54, 1.807) is 0 Å². The summed E-state index contributed by atoms with van der Waals surface area (Å²) in [4.78, 5) is 2.83. The number of hydrogen-bond acceptors (Lipinski definition) is 3. The Kier molecular flexibility index (Phi) is 6.17. The summed E-state index contributed by atoms with van der Waals surface area (Å²) >= 11 is 0. The molecule has 3 atom stereocenters. The quantitative estimate of drug-likeness (QED) is 0.842. The van der Waals surface area contributed by atoms with Gasteiger partial charge in [-0.3, -0.25) is 9.58 Å². The van der Waals surface area contributed by atoms with Crippen molar-refractivity contribution in [1.82, 2.24) is 20.0 Å². The Morgan fingerprint density at radius 2 is 1.93 bits per heavy atom. The minimum atomic E-state index is 0.603. The monoisotopic (exact) mass is 380 g/mol. The molecule has 1 aromatic carbocycles. The van der Waals surface area contributed by atoms with E-state index in [2.05, 4.69) is 66.0 Å². The van der Waals surface area contributed by atoms with Gasteiger partial charge in [0.25, 0.3) is 0 Å². The van der Waals surface area contributed by atoms with Crippen LogP contribution in [0.25, 0.3) is 0 Å². The van der Waals surface area contributed by atoms with Crippen LogP contribution in [-0.4, -0.2) is 39.4 Å². The number of aryl methyl sites for hydroxylation is 2. The van der Waals surface area contributed by atoms with E-state index < -0.39 is 0 Å². The molecule has 4 rings (SSSR count). The third kappa shape index (κ3) is 4.04. The Labute approximate surface area is 170 Å². The number of benzene rings is 1. The van der Waals surface area contributed by atoms with E-state index in [9.17, 15) is 0 Å². The first-order valence-corrected chi connectivity index (χ1v) is 11.2. The molecule has 1 N–H and O–H groups in total. The summed E-state index contributed by atoms with van der Waals surface area (Å²) in [7, 11) is 0. The normalized spacial score (nSPS) is 26.0. The topological polar surface area (TPSA) is 33.1 Å². The summed E-state index contributed by atoms with van der Waals surface area (Å²) in [6, 6.07) is 12.9. The van der Waals surface area contributed by atoms with Gasteiger partial charge >= 0.3 is 0 Å². The highest BCUT2D eigenvalue weighted by molar-refractivity contribution is 5.26. The van der Waals surface area contributed by atoms with Crippen molar-refractivity contribution in [1.29, 1.82) is 0 Å². The standard InChI is InChI=1S/C24H36N4/c1-4-28-19(3)22(18(2)26-28)17-27-21(15-20-11-7-5-8-12-20)16-23-24(27)13-9-6-10-14-25-23/h5,7-8,11-12,21,23-25H,4,6,9-10,13-17H2,1-3H3/t21-,23+,24-/m1/s1. The van der Waals surface area contributed by atoms with E-state index in [1.165, 1.54) is 61.2 Å². The molecule has 28 heavy (non-hydrogen) atoms. The first-order valence-electron chi connectivity index (χ1n) is 11.2. The van der Waals surface area contributed by atoms with Gasteiger partial charge in [0.05, 0.1) is 5.69 Å². The molecule has 0 amide bonds. The van der Waals surface area contributed by atoms with Gasteiger partial charge in [-0.1, -0.05) is 43.2 Å². The Morgan fingerprint density at radius 3 is 2.68 bits per heavy atom. The number of hydrogen-bond donors (Lipinski definition) is 1. The van der Waals surface area contributed by atoms with Gasteiger partial charge in [-0.05, 0) is 58.6 Å². The first-order chi connectivity index (χ1) is 13.7. The fourth-order valence-electron chi connectivity index (χ4n) is 5.40. The second kappa shape index (κ2) is 8.79. The minimum absolute atomic E-state index is 0.603. The lowest BCUT2D eigenvalue weighted by molar-refractivity contribution is 0.159. The van der Waals surface area contributed by atoms with Crippen LogP contribution < -0.4 is 5.32 Å². The van der Waals surface area contributed by atoms with Crippen LogP contribution in [0, 0.1) is 13.8 Å². The fraction of sp³-hybridized carbons (Fsp3) is 0.625. The van der Waals surface area contributed by atoms with Gasteiger partial charge in [-0.25, -0.2) is 0 Å². The SMILES string of the molecule is CCn1nc(C)c(CN2[C@H](Cc3ccccc3)C[C@@H]3NCCCCC[C@H]32)c1C. The maximum absolute atomic E-state index is 4.79. The molecule has 0 bridgehead atoms. The molecule has 4 heteroatoms. The van der Waals surface area contributed by atoms with E-state index in [1.807, 2.05) is 0 Å².